The van der Waals surface area contributed by atoms with Gasteiger partial charge in [-0.2, -0.15) is 0 Å². The molecular weight excluding hydrogens is 368 g/mol. The topological polar surface area (TPSA) is 51.7 Å². The van der Waals surface area contributed by atoms with Gasteiger partial charge in [0.1, 0.15) is 11.9 Å². The van der Waals surface area contributed by atoms with Crippen molar-refractivity contribution in [3.05, 3.63) is 40.6 Å². The second-order valence-corrected chi connectivity index (χ2v) is 8.29. The molecule has 26 heavy (non-hydrogen) atoms. The van der Waals surface area contributed by atoms with E-state index in [1.807, 2.05) is 40.6 Å². The number of carbonyl (C=O) groups excluding carboxylic acids is 1. The van der Waals surface area contributed by atoms with Crippen LogP contribution in [0, 0.1) is 0 Å². The maximum Gasteiger partial charge on any atom is 0.274 e. The van der Waals surface area contributed by atoms with E-state index < -0.39 is 0 Å². The zero-order valence-electron chi connectivity index (χ0n) is 14.5. The Morgan fingerprint density at radius 3 is 2.88 bits per heavy atom. The van der Waals surface area contributed by atoms with Gasteiger partial charge in [-0.05, 0) is 29.6 Å². The number of thiophene rings is 1. The first-order valence-electron chi connectivity index (χ1n) is 8.62. The van der Waals surface area contributed by atoms with E-state index in [2.05, 4.69) is 4.98 Å². The third-order valence-electron chi connectivity index (χ3n) is 4.54. The van der Waals surface area contributed by atoms with Crippen molar-refractivity contribution in [1.29, 1.82) is 0 Å². The van der Waals surface area contributed by atoms with Gasteiger partial charge in [0.2, 0.25) is 5.91 Å². The molecule has 1 aliphatic heterocycles. The van der Waals surface area contributed by atoms with E-state index in [0.29, 0.717) is 11.6 Å². The molecular formula is C19H20N2O3S2. The van der Waals surface area contributed by atoms with Crippen LogP contribution in [-0.2, 0) is 11.2 Å². The SMILES string of the molecule is COc1ccc2nc(OC3CCN(C(=O)Cc4cccs4)CC3)sc2c1. The fraction of sp³-hybridized carbons (Fsp3) is 0.368. The lowest BCUT2D eigenvalue weighted by atomic mass is 10.1. The summed E-state index contributed by atoms with van der Waals surface area (Å²) in [5, 5.41) is 2.70. The van der Waals surface area contributed by atoms with Crippen LogP contribution in [0.15, 0.2) is 35.7 Å². The first-order chi connectivity index (χ1) is 12.7. The Morgan fingerprint density at radius 2 is 2.15 bits per heavy atom. The highest BCUT2D eigenvalue weighted by molar-refractivity contribution is 7.20. The van der Waals surface area contributed by atoms with E-state index in [0.717, 1.165) is 46.8 Å². The number of hydrogen-bond acceptors (Lipinski definition) is 6. The van der Waals surface area contributed by atoms with Crippen LogP contribution in [-0.4, -0.2) is 42.1 Å². The van der Waals surface area contributed by atoms with E-state index in [1.54, 1.807) is 18.4 Å². The molecule has 1 aromatic carbocycles. The number of carbonyl (C=O) groups is 1. The number of hydrogen-bond donors (Lipinski definition) is 0. The van der Waals surface area contributed by atoms with Crippen molar-refractivity contribution in [3.8, 4) is 10.9 Å². The average molecular weight is 389 g/mol. The molecule has 0 spiro atoms. The molecule has 2 aromatic heterocycles. The molecule has 0 radical (unpaired) electrons. The second kappa shape index (κ2) is 7.63. The number of methoxy groups -OCH3 is 1. The summed E-state index contributed by atoms with van der Waals surface area (Å²) in [4.78, 5) is 20.0. The summed E-state index contributed by atoms with van der Waals surface area (Å²) in [7, 11) is 1.66. The summed E-state index contributed by atoms with van der Waals surface area (Å²) >= 11 is 3.17. The first kappa shape index (κ1) is 17.3. The molecule has 0 saturated carbocycles. The molecule has 0 aliphatic carbocycles. The van der Waals surface area contributed by atoms with Crippen LogP contribution in [0.4, 0.5) is 0 Å². The van der Waals surface area contributed by atoms with Gasteiger partial charge in [0.05, 0.1) is 23.7 Å². The third kappa shape index (κ3) is 3.83. The lowest BCUT2D eigenvalue weighted by molar-refractivity contribution is -0.132. The largest absolute Gasteiger partial charge is 0.497 e. The number of aromatic nitrogens is 1. The highest BCUT2D eigenvalue weighted by Crippen LogP contribution is 2.32. The van der Waals surface area contributed by atoms with Crippen LogP contribution in [0.3, 0.4) is 0 Å². The Morgan fingerprint density at radius 1 is 1.31 bits per heavy atom. The van der Waals surface area contributed by atoms with Gasteiger partial charge in [0.15, 0.2) is 0 Å². The van der Waals surface area contributed by atoms with Gasteiger partial charge in [-0.15, -0.1) is 11.3 Å². The summed E-state index contributed by atoms with van der Waals surface area (Å²) in [6.45, 7) is 1.49. The minimum atomic E-state index is 0.114. The molecule has 0 atom stereocenters. The Kier molecular flexibility index (Phi) is 5.08. The van der Waals surface area contributed by atoms with Crippen molar-refractivity contribution < 1.29 is 14.3 Å². The minimum Gasteiger partial charge on any atom is -0.497 e. The summed E-state index contributed by atoms with van der Waals surface area (Å²) in [6, 6.07) is 9.83. The Labute approximate surface area is 160 Å². The van der Waals surface area contributed by atoms with Gasteiger partial charge < -0.3 is 14.4 Å². The van der Waals surface area contributed by atoms with Gasteiger partial charge in [0.25, 0.3) is 5.19 Å². The molecule has 5 nitrogen and oxygen atoms in total. The van der Waals surface area contributed by atoms with Gasteiger partial charge in [-0.1, -0.05) is 17.4 Å². The van der Waals surface area contributed by atoms with Crippen molar-refractivity contribution in [1.82, 2.24) is 9.88 Å². The predicted molar refractivity (Wildman–Crippen MR) is 104 cm³/mol. The summed E-state index contributed by atoms with van der Waals surface area (Å²) < 4.78 is 12.4. The normalized spacial score (nSPS) is 15.3. The summed E-state index contributed by atoms with van der Waals surface area (Å²) in [5.74, 6) is 1.03. The zero-order valence-corrected chi connectivity index (χ0v) is 16.1. The number of nitrogens with zero attached hydrogens (tertiary/aromatic N) is 2. The zero-order chi connectivity index (χ0) is 17.9. The van der Waals surface area contributed by atoms with Crippen LogP contribution in [0.5, 0.6) is 10.9 Å². The Hall–Kier alpha value is -2.12. The van der Waals surface area contributed by atoms with E-state index in [4.69, 9.17) is 9.47 Å². The lowest BCUT2D eigenvalue weighted by Gasteiger charge is -2.31. The fourth-order valence-corrected chi connectivity index (χ4v) is 4.71. The molecule has 136 valence electrons. The Bertz CT molecular complexity index is 883. The number of thiazole rings is 1. The number of rotatable bonds is 5. The van der Waals surface area contributed by atoms with Crippen molar-refractivity contribution in [2.24, 2.45) is 0 Å². The van der Waals surface area contributed by atoms with E-state index in [1.165, 1.54) is 11.3 Å². The van der Waals surface area contributed by atoms with Crippen molar-refractivity contribution in [3.63, 3.8) is 0 Å². The average Bonchev–Trinajstić information content (AvgIpc) is 3.30. The molecule has 1 aliphatic rings. The number of likely N-dealkylation sites (tertiary alicyclic amines) is 1. The molecule has 3 aromatic rings. The molecule has 1 fully saturated rings. The monoisotopic (exact) mass is 388 g/mol. The number of piperidine rings is 1. The van der Waals surface area contributed by atoms with Crippen LogP contribution in [0.2, 0.25) is 0 Å². The van der Waals surface area contributed by atoms with E-state index in [9.17, 15) is 4.79 Å². The Balaban J connectivity index is 1.33. The van der Waals surface area contributed by atoms with Crippen LogP contribution >= 0.6 is 22.7 Å². The first-order valence-corrected chi connectivity index (χ1v) is 10.3. The minimum absolute atomic E-state index is 0.114. The molecule has 0 unspecified atom stereocenters. The van der Waals surface area contributed by atoms with Gasteiger partial charge >= 0.3 is 0 Å². The van der Waals surface area contributed by atoms with Crippen LogP contribution in [0.1, 0.15) is 17.7 Å². The van der Waals surface area contributed by atoms with Crippen molar-refractivity contribution >= 4 is 38.8 Å². The molecule has 4 rings (SSSR count). The maximum absolute atomic E-state index is 12.4. The number of benzene rings is 1. The fourth-order valence-electron chi connectivity index (χ4n) is 3.10. The molecule has 0 N–H and O–H groups in total. The van der Waals surface area contributed by atoms with Gasteiger partial charge in [-0.25, -0.2) is 4.98 Å². The van der Waals surface area contributed by atoms with Crippen LogP contribution < -0.4 is 9.47 Å². The van der Waals surface area contributed by atoms with Crippen molar-refractivity contribution in [2.75, 3.05) is 20.2 Å². The highest BCUT2D eigenvalue weighted by Gasteiger charge is 2.25. The summed E-state index contributed by atoms with van der Waals surface area (Å²) in [6.07, 6.45) is 2.30. The summed E-state index contributed by atoms with van der Waals surface area (Å²) in [5.41, 5.74) is 0.925. The maximum atomic E-state index is 12.4. The standard InChI is InChI=1S/C19H20N2O3S2/c1-23-14-4-5-16-17(11-14)26-19(20-16)24-13-6-8-21(9-7-13)18(22)12-15-3-2-10-25-15/h2-5,10-11,13H,6-9,12H2,1H3. The number of ether oxygens (including phenoxy) is 2. The molecule has 7 heteroatoms. The van der Waals surface area contributed by atoms with Crippen LogP contribution in [0.25, 0.3) is 10.2 Å². The second-order valence-electron chi connectivity index (χ2n) is 6.27. The third-order valence-corrected chi connectivity index (χ3v) is 6.33. The number of fused-ring (bicyclic) bond motifs is 1. The predicted octanol–water partition coefficient (Wildman–Crippen LogP) is 3.98. The molecule has 1 saturated heterocycles. The number of amides is 1. The van der Waals surface area contributed by atoms with E-state index in [-0.39, 0.29) is 12.0 Å². The molecule has 3 heterocycles. The van der Waals surface area contributed by atoms with Gasteiger partial charge in [-0.3, -0.25) is 4.79 Å². The van der Waals surface area contributed by atoms with Gasteiger partial charge in [0, 0.05) is 30.8 Å². The molecule has 0 bridgehead atoms. The quantitative estimate of drug-likeness (QED) is 0.663. The highest BCUT2D eigenvalue weighted by atomic mass is 32.1. The van der Waals surface area contributed by atoms with Crippen molar-refractivity contribution in [2.45, 2.75) is 25.4 Å². The smallest absolute Gasteiger partial charge is 0.274 e. The lowest BCUT2D eigenvalue weighted by Crippen LogP contribution is -2.42. The van der Waals surface area contributed by atoms with E-state index >= 15 is 0 Å². The molecule has 1 amide bonds.